The first-order valence-corrected chi connectivity index (χ1v) is 11.3. The topological polar surface area (TPSA) is 70.0 Å². The van der Waals surface area contributed by atoms with E-state index in [1.165, 1.54) is 0 Å². The number of fused-ring (bicyclic) bond motifs is 1. The maximum atomic E-state index is 13.0. The summed E-state index contributed by atoms with van der Waals surface area (Å²) in [5.41, 5.74) is 3.10. The van der Waals surface area contributed by atoms with Crippen LogP contribution in [0.25, 0.3) is 5.65 Å². The molecule has 168 valence electrons. The lowest BCUT2D eigenvalue weighted by molar-refractivity contribution is -0.117. The molecule has 1 aromatic carbocycles. The van der Waals surface area contributed by atoms with E-state index in [0.717, 1.165) is 48.7 Å². The van der Waals surface area contributed by atoms with Crippen LogP contribution in [-0.2, 0) is 17.6 Å². The molecule has 0 bridgehead atoms. The minimum atomic E-state index is -0.0857. The van der Waals surface area contributed by atoms with Gasteiger partial charge in [0.15, 0.2) is 0 Å². The van der Waals surface area contributed by atoms with Crippen LogP contribution in [0.2, 0.25) is 0 Å². The number of rotatable bonds is 6. The Balaban J connectivity index is 1.59. The van der Waals surface area contributed by atoms with Gasteiger partial charge in [0.05, 0.1) is 17.7 Å². The first-order chi connectivity index (χ1) is 15.5. The minimum Gasteiger partial charge on any atom is -0.349 e. The van der Waals surface area contributed by atoms with Crippen LogP contribution in [0.4, 0.5) is 5.82 Å². The number of likely N-dealkylation sites (tertiary alicyclic amines) is 1. The highest BCUT2D eigenvalue weighted by molar-refractivity contribution is 5.96. The van der Waals surface area contributed by atoms with Crippen molar-refractivity contribution in [2.45, 2.75) is 38.6 Å². The summed E-state index contributed by atoms with van der Waals surface area (Å²) >= 11 is 0. The second-order valence-electron chi connectivity index (χ2n) is 8.55. The van der Waals surface area contributed by atoms with Gasteiger partial charge in [-0.25, -0.2) is 4.98 Å². The Hall–Kier alpha value is -3.19. The van der Waals surface area contributed by atoms with Gasteiger partial charge in [-0.05, 0) is 57.1 Å². The number of piperidine rings is 1. The molecule has 4 rings (SSSR count). The number of carbonyl (C=O) groups excluding carboxylic acids is 2. The SMILES string of the molecule is CCc1nc2ccc(C(=O)NC3CCN(C)CC3)cn2c1N(C)C(=O)Cc1ccccc1. The van der Waals surface area contributed by atoms with Crippen LogP contribution in [0.1, 0.15) is 41.4 Å². The smallest absolute Gasteiger partial charge is 0.252 e. The summed E-state index contributed by atoms with van der Waals surface area (Å²) in [4.78, 5) is 34.6. The van der Waals surface area contributed by atoms with E-state index in [-0.39, 0.29) is 17.9 Å². The molecule has 0 spiro atoms. The predicted octanol–water partition coefficient (Wildman–Crippen LogP) is 2.93. The van der Waals surface area contributed by atoms with Crippen molar-refractivity contribution in [1.82, 2.24) is 19.6 Å². The van der Waals surface area contributed by atoms with Gasteiger partial charge in [0.1, 0.15) is 11.5 Å². The molecule has 1 aliphatic heterocycles. The van der Waals surface area contributed by atoms with Crippen molar-refractivity contribution in [3.05, 3.63) is 65.5 Å². The maximum absolute atomic E-state index is 13.0. The molecule has 0 atom stereocenters. The average molecular weight is 434 g/mol. The Morgan fingerprint density at radius 1 is 1.12 bits per heavy atom. The van der Waals surface area contributed by atoms with E-state index in [0.29, 0.717) is 18.4 Å². The van der Waals surface area contributed by atoms with Crippen molar-refractivity contribution < 1.29 is 9.59 Å². The fourth-order valence-corrected chi connectivity index (χ4v) is 4.24. The van der Waals surface area contributed by atoms with Crippen LogP contribution in [-0.4, -0.2) is 59.3 Å². The molecule has 0 saturated carbocycles. The highest BCUT2D eigenvalue weighted by atomic mass is 16.2. The largest absolute Gasteiger partial charge is 0.349 e. The maximum Gasteiger partial charge on any atom is 0.252 e. The summed E-state index contributed by atoms with van der Waals surface area (Å²) in [7, 11) is 3.88. The van der Waals surface area contributed by atoms with E-state index >= 15 is 0 Å². The van der Waals surface area contributed by atoms with E-state index in [2.05, 4.69) is 17.3 Å². The van der Waals surface area contributed by atoms with Crippen molar-refractivity contribution in [3.8, 4) is 0 Å². The van der Waals surface area contributed by atoms with Crippen molar-refractivity contribution in [3.63, 3.8) is 0 Å². The van der Waals surface area contributed by atoms with Gasteiger partial charge in [0, 0.05) is 19.3 Å². The highest BCUT2D eigenvalue weighted by Gasteiger charge is 2.23. The second kappa shape index (κ2) is 9.53. The molecule has 32 heavy (non-hydrogen) atoms. The predicted molar refractivity (Wildman–Crippen MR) is 126 cm³/mol. The molecule has 1 N–H and O–H groups in total. The average Bonchev–Trinajstić information content (AvgIpc) is 3.18. The normalized spacial score (nSPS) is 15.1. The van der Waals surface area contributed by atoms with Gasteiger partial charge in [0.2, 0.25) is 5.91 Å². The fourth-order valence-electron chi connectivity index (χ4n) is 4.24. The molecule has 3 heterocycles. The van der Waals surface area contributed by atoms with E-state index < -0.39 is 0 Å². The van der Waals surface area contributed by atoms with Crippen molar-refractivity contribution >= 4 is 23.3 Å². The highest BCUT2D eigenvalue weighted by Crippen LogP contribution is 2.24. The lowest BCUT2D eigenvalue weighted by atomic mass is 10.1. The first kappa shape index (κ1) is 22.0. The number of aryl methyl sites for hydroxylation is 1. The Kier molecular flexibility index (Phi) is 6.55. The standard InChI is InChI=1S/C25H31N5O2/c1-4-21-25(29(3)23(31)16-18-8-6-5-7-9-18)30-17-19(10-11-22(30)27-21)24(32)26-20-12-14-28(2)15-13-20/h5-11,17,20H,4,12-16H2,1-3H3,(H,26,32). The Morgan fingerprint density at radius 2 is 1.84 bits per heavy atom. The van der Waals surface area contributed by atoms with Crippen LogP contribution >= 0.6 is 0 Å². The molecule has 1 aliphatic rings. The molecule has 7 nitrogen and oxygen atoms in total. The molecule has 0 radical (unpaired) electrons. The lowest BCUT2D eigenvalue weighted by Gasteiger charge is -2.29. The zero-order valence-electron chi connectivity index (χ0n) is 19.0. The third-order valence-electron chi connectivity index (χ3n) is 6.20. The molecule has 0 unspecified atom stereocenters. The van der Waals surface area contributed by atoms with Gasteiger partial charge in [-0.2, -0.15) is 0 Å². The monoisotopic (exact) mass is 433 g/mol. The third-order valence-corrected chi connectivity index (χ3v) is 6.20. The van der Waals surface area contributed by atoms with Gasteiger partial charge in [-0.3, -0.25) is 18.9 Å². The number of carbonyl (C=O) groups is 2. The van der Waals surface area contributed by atoms with Crippen LogP contribution in [0.15, 0.2) is 48.7 Å². The number of nitrogens with one attached hydrogen (secondary N) is 1. The number of anilines is 1. The molecular weight excluding hydrogens is 402 g/mol. The zero-order valence-corrected chi connectivity index (χ0v) is 19.0. The van der Waals surface area contributed by atoms with Gasteiger partial charge >= 0.3 is 0 Å². The molecule has 2 aromatic heterocycles. The van der Waals surface area contributed by atoms with E-state index in [9.17, 15) is 9.59 Å². The quantitative estimate of drug-likeness (QED) is 0.649. The number of amides is 2. The van der Waals surface area contributed by atoms with Gasteiger partial charge in [-0.1, -0.05) is 37.3 Å². The molecule has 1 saturated heterocycles. The second-order valence-corrected chi connectivity index (χ2v) is 8.55. The zero-order chi connectivity index (χ0) is 22.7. The minimum absolute atomic E-state index is 0.0196. The fraction of sp³-hybridized carbons (Fsp3) is 0.400. The van der Waals surface area contributed by atoms with Crippen molar-refractivity contribution in [1.29, 1.82) is 0 Å². The first-order valence-electron chi connectivity index (χ1n) is 11.3. The van der Waals surface area contributed by atoms with Gasteiger partial charge in [-0.15, -0.1) is 0 Å². The molecule has 3 aromatic rings. The molecule has 0 aliphatic carbocycles. The Bertz CT molecular complexity index is 1100. The number of benzene rings is 1. The molecule has 7 heteroatoms. The summed E-state index contributed by atoms with van der Waals surface area (Å²) < 4.78 is 1.87. The number of pyridine rings is 1. The van der Waals surface area contributed by atoms with Crippen LogP contribution < -0.4 is 10.2 Å². The van der Waals surface area contributed by atoms with E-state index in [1.807, 2.05) is 53.8 Å². The van der Waals surface area contributed by atoms with Crippen LogP contribution in [0.5, 0.6) is 0 Å². The van der Waals surface area contributed by atoms with E-state index in [1.54, 1.807) is 18.1 Å². The summed E-state index contributed by atoms with van der Waals surface area (Å²) in [6, 6.07) is 13.6. The number of imidazole rings is 1. The van der Waals surface area contributed by atoms with E-state index in [4.69, 9.17) is 4.98 Å². The summed E-state index contributed by atoms with van der Waals surface area (Å²) in [6.07, 6.45) is 4.71. The molecular formula is C25H31N5O2. The number of nitrogens with zero attached hydrogens (tertiary/aromatic N) is 4. The van der Waals surface area contributed by atoms with Crippen molar-refractivity contribution in [2.24, 2.45) is 0 Å². The molecule has 2 amide bonds. The Morgan fingerprint density at radius 3 is 2.53 bits per heavy atom. The lowest BCUT2D eigenvalue weighted by Crippen LogP contribution is -2.43. The number of hydrogen-bond acceptors (Lipinski definition) is 4. The van der Waals surface area contributed by atoms with Crippen LogP contribution in [0, 0.1) is 0 Å². The summed E-state index contributed by atoms with van der Waals surface area (Å²) in [5.74, 6) is 0.615. The van der Waals surface area contributed by atoms with Crippen LogP contribution in [0.3, 0.4) is 0 Å². The van der Waals surface area contributed by atoms with Gasteiger partial charge in [0.25, 0.3) is 5.91 Å². The van der Waals surface area contributed by atoms with Crippen molar-refractivity contribution in [2.75, 3.05) is 32.1 Å². The number of aromatic nitrogens is 2. The molecule has 1 fully saturated rings. The summed E-state index contributed by atoms with van der Waals surface area (Å²) in [5, 5.41) is 3.17. The number of hydrogen-bond donors (Lipinski definition) is 1. The Labute approximate surface area is 189 Å². The number of likely N-dealkylation sites (N-methyl/N-ethyl adjacent to an activating group) is 1. The van der Waals surface area contributed by atoms with Gasteiger partial charge < -0.3 is 10.2 Å². The summed E-state index contributed by atoms with van der Waals surface area (Å²) in [6.45, 7) is 4.00. The third kappa shape index (κ3) is 4.67.